The molecule has 0 saturated heterocycles. The predicted octanol–water partition coefficient (Wildman–Crippen LogP) is 3.07. The molecule has 1 aromatic carbocycles. The van der Waals surface area contributed by atoms with Gasteiger partial charge in [-0.1, -0.05) is 0 Å². The topological polar surface area (TPSA) is 42.4 Å². The molecule has 0 amide bonds. The van der Waals surface area contributed by atoms with E-state index >= 15 is 0 Å². The van der Waals surface area contributed by atoms with Gasteiger partial charge in [0.05, 0.1) is 6.10 Å². The highest BCUT2D eigenvalue weighted by atomic mass is 19.1. The van der Waals surface area contributed by atoms with Gasteiger partial charge in [0, 0.05) is 12.3 Å². The lowest BCUT2D eigenvalue weighted by Crippen LogP contribution is -1.94. The summed E-state index contributed by atoms with van der Waals surface area (Å²) in [5, 5.41) is 9.42. The molecule has 2 rings (SSSR count). The Bertz CT molecular complexity index is 497. The van der Waals surface area contributed by atoms with Crippen molar-refractivity contribution in [1.29, 1.82) is 0 Å². The molecule has 0 aliphatic carbocycles. The van der Waals surface area contributed by atoms with Crippen LogP contribution < -0.4 is 4.74 Å². The molecule has 0 aliphatic rings. The maximum Gasteiger partial charge on any atom is 0.219 e. The van der Waals surface area contributed by atoms with E-state index in [9.17, 15) is 9.50 Å². The number of hydrogen-bond acceptors (Lipinski definition) is 3. The molecule has 0 radical (unpaired) electrons. The second-order valence-corrected chi connectivity index (χ2v) is 3.66. The normalized spacial score (nSPS) is 12.2. The number of benzene rings is 1. The van der Waals surface area contributed by atoms with Crippen molar-refractivity contribution in [2.24, 2.45) is 0 Å². The molecule has 1 N–H and O–H groups in total. The SMILES string of the molecule is C[C@@H](O)c1ccnc(Oc2ccc(F)cc2)c1. The Hall–Kier alpha value is -1.94. The van der Waals surface area contributed by atoms with Crippen LogP contribution in [-0.4, -0.2) is 10.1 Å². The average Bonchev–Trinajstić information content (AvgIpc) is 2.32. The molecule has 3 nitrogen and oxygen atoms in total. The van der Waals surface area contributed by atoms with Gasteiger partial charge in [0.2, 0.25) is 5.88 Å². The van der Waals surface area contributed by atoms with Gasteiger partial charge < -0.3 is 9.84 Å². The molecular weight excluding hydrogens is 221 g/mol. The number of pyridine rings is 1. The third-order valence-corrected chi connectivity index (χ3v) is 2.28. The Morgan fingerprint density at radius 3 is 2.59 bits per heavy atom. The van der Waals surface area contributed by atoms with E-state index in [0.717, 1.165) is 5.56 Å². The molecule has 88 valence electrons. The van der Waals surface area contributed by atoms with E-state index in [0.29, 0.717) is 11.6 Å². The first kappa shape index (κ1) is 11.5. The summed E-state index contributed by atoms with van der Waals surface area (Å²) in [5.74, 6) is 0.555. The average molecular weight is 233 g/mol. The standard InChI is InChI=1S/C13H12FNO2/c1-9(16)10-6-7-15-13(8-10)17-12-4-2-11(14)3-5-12/h2-9,16H,1H3/t9-/m1/s1. The van der Waals surface area contributed by atoms with Gasteiger partial charge in [-0.25, -0.2) is 9.37 Å². The second-order valence-electron chi connectivity index (χ2n) is 3.66. The monoisotopic (exact) mass is 233 g/mol. The van der Waals surface area contributed by atoms with Gasteiger partial charge in [-0.05, 0) is 42.8 Å². The largest absolute Gasteiger partial charge is 0.439 e. The molecule has 0 spiro atoms. The fourth-order valence-electron chi connectivity index (χ4n) is 1.36. The third-order valence-electron chi connectivity index (χ3n) is 2.28. The lowest BCUT2D eigenvalue weighted by molar-refractivity contribution is 0.198. The number of aromatic nitrogens is 1. The van der Waals surface area contributed by atoms with Gasteiger partial charge >= 0.3 is 0 Å². The van der Waals surface area contributed by atoms with Crippen LogP contribution in [0.5, 0.6) is 11.6 Å². The van der Waals surface area contributed by atoms with Crippen molar-refractivity contribution in [3.63, 3.8) is 0 Å². The summed E-state index contributed by atoms with van der Waals surface area (Å²) in [6.45, 7) is 1.66. The van der Waals surface area contributed by atoms with Crippen LogP contribution in [0.15, 0.2) is 42.6 Å². The highest BCUT2D eigenvalue weighted by Gasteiger charge is 2.04. The van der Waals surface area contributed by atoms with Crippen LogP contribution in [0.4, 0.5) is 4.39 Å². The van der Waals surface area contributed by atoms with Crippen LogP contribution in [0.2, 0.25) is 0 Å². The number of aliphatic hydroxyl groups excluding tert-OH is 1. The van der Waals surface area contributed by atoms with Gasteiger partial charge in [0.15, 0.2) is 0 Å². The Morgan fingerprint density at radius 2 is 1.94 bits per heavy atom. The van der Waals surface area contributed by atoms with Crippen molar-refractivity contribution in [2.75, 3.05) is 0 Å². The smallest absolute Gasteiger partial charge is 0.219 e. The van der Waals surface area contributed by atoms with Crippen molar-refractivity contribution in [3.8, 4) is 11.6 Å². The van der Waals surface area contributed by atoms with E-state index in [1.807, 2.05) is 0 Å². The molecule has 1 aromatic heterocycles. The summed E-state index contributed by atoms with van der Waals surface area (Å²) in [5.41, 5.74) is 0.720. The van der Waals surface area contributed by atoms with Gasteiger partial charge in [-0.15, -0.1) is 0 Å². The first-order valence-electron chi connectivity index (χ1n) is 5.22. The van der Waals surface area contributed by atoms with Gasteiger partial charge in [0.25, 0.3) is 0 Å². The lowest BCUT2D eigenvalue weighted by Gasteiger charge is -2.08. The molecule has 17 heavy (non-hydrogen) atoms. The Kier molecular flexibility index (Phi) is 3.35. The number of aliphatic hydroxyl groups is 1. The fourth-order valence-corrected chi connectivity index (χ4v) is 1.36. The quantitative estimate of drug-likeness (QED) is 0.885. The van der Waals surface area contributed by atoms with Crippen LogP contribution >= 0.6 is 0 Å². The first-order chi connectivity index (χ1) is 8.15. The minimum absolute atomic E-state index is 0.317. The first-order valence-corrected chi connectivity index (χ1v) is 5.22. The molecule has 0 unspecified atom stereocenters. The molecule has 0 saturated carbocycles. The molecule has 0 bridgehead atoms. The zero-order valence-electron chi connectivity index (χ0n) is 9.30. The summed E-state index contributed by atoms with van der Waals surface area (Å²) in [6.07, 6.45) is 0.981. The Morgan fingerprint density at radius 1 is 1.24 bits per heavy atom. The van der Waals surface area contributed by atoms with E-state index in [4.69, 9.17) is 4.74 Å². The molecule has 2 aromatic rings. The van der Waals surface area contributed by atoms with Gasteiger partial charge in [0.1, 0.15) is 11.6 Å². The summed E-state index contributed by atoms with van der Waals surface area (Å²) in [4.78, 5) is 4.01. The van der Waals surface area contributed by atoms with E-state index in [1.165, 1.54) is 24.3 Å². The number of hydrogen-bond donors (Lipinski definition) is 1. The van der Waals surface area contributed by atoms with Crippen molar-refractivity contribution >= 4 is 0 Å². The predicted molar refractivity (Wildman–Crippen MR) is 61.3 cm³/mol. The molecular formula is C13H12FNO2. The van der Waals surface area contributed by atoms with Gasteiger partial charge in [-0.3, -0.25) is 0 Å². The maximum absolute atomic E-state index is 12.7. The maximum atomic E-state index is 12.7. The molecule has 0 fully saturated rings. The highest BCUT2D eigenvalue weighted by molar-refractivity contribution is 5.29. The van der Waals surface area contributed by atoms with E-state index < -0.39 is 6.10 Å². The van der Waals surface area contributed by atoms with E-state index in [-0.39, 0.29) is 5.82 Å². The van der Waals surface area contributed by atoms with Crippen LogP contribution in [-0.2, 0) is 0 Å². The third kappa shape index (κ3) is 3.01. The van der Waals surface area contributed by atoms with Crippen molar-refractivity contribution < 1.29 is 14.2 Å². The molecule has 4 heteroatoms. The van der Waals surface area contributed by atoms with Crippen molar-refractivity contribution in [1.82, 2.24) is 4.98 Å². The van der Waals surface area contributed by atoms with E-state index in [1.54, 1.807) is 25.3 Å². The van der Waals surface area contributed by atoms with Crippen LogP contribution in [0.25, 0.3) is 0 Å². The van der Waals surface area contributed by atoms with Gasteiger partial charge in [-0.2, -0.15) is 0 Å². The Balaban J connectivity index is 2.18. The lowest BCUT2D eigenvalue weighted by atomic mass is 10.2. The number of ether oxygens (including phenoxy) is 1. The van der Waals surface area contributed by atoms with Crippen molar-refractivity contribution in [3.05, 3.63) is 54.0 Å². The fraction of sp³-hybridized carbons (Fsp3) is 0.154. The molecule has 0 aliphatic heterocycles. The zero-order valence-corrected chi connectivity index (χ0v) is 9.30. The summed E-state index contributed by atoms with van der Waals surface area (Å²) in [6, 6.07) is 9.02. The Labute approximate surface area is 98.5 Å². The highest BCUT2D eigenvalue weighted by Crippen LogP contribution is 2.22. The molecule has 1 heterocycles. The van der Waals surface area contributed by atoms with E-state index in [2.05, 4.69) is 4.98 Å². The van der Waals surface area contributed by atoms with Crippen LogP contribution in [0.1, 0.15) is 18.6 Å². The number of nitrogens with zero attached hydrogens (tertiary/aromatic N) is 1. The second kappa shape index (κ2) is 4.93. The van der Waals surface area contributed by atoms with Crippen LogP contribution in [0, 0.1) is 5.82 Å². The minimum atomic E-state index is -0.575. The van der Waals surface area contributed by atoms with Crippen LogP contribution in [0.3, 0.4) is 0 Å². The number of rotatable bonds is 3. The summed E-state index contributed by atoms with van der Waals surface area (Å²) < 4.78 is 18.1. The van der Waals surface area contributed by atoms with Crippen molar-refractivity contribution in [2.45, 2.75) is 13.0 Å². The summed E-state index contributed by atoms with van der Waals surface area (Å²) >= 11 is 0. The zero-order chi connectivity index (χ0) is 12.3. The number of halogens is 1. The molecule has 1 atom stereocenters. The summed E-state index contributed by atoms with van der Waals surface area (Å²) in [7, 11) is 0. The minimum Gasteiger partial charge on any atom is -0.439 e.